The molecule has 0 N–H and O–H groups in total. The summed E-state index contributed by atoms with van der Waals surface area (Å²) in [6.07, 6.45) is 6.04. The molecular formula is C17H40O4Si4. The third kappa shape index (κ3) is 8.08. The summed E-state index contributed by atoms with van der Waals surface area (Å²) in [6.45, 7) is 20.4. The van der Waals surface area contributed by atoms with Gasteiger partial charge >= 0.3 is 8.80 Å². The van der Waals surface area contributed by atoms with E-state index in [1.807, 2.05) is 0 Å². The first-order valence-electron chi connectivity index (χ1n) is 9.92. The van der Waals surface area contributed by atoms with Crippen LogP contribution in [0, 0.1) is 5.92 Å². The van der Waals surface area contributed by atoms with E-state index in [4.69, 9.17) is 17.1 Å². The van der Waals surface area contributed by atoms with Crippen LogP contribution in [0.15, 0.2) is 0 Å². The van der Waals surface area contributed by atoms with E-state index in [2.05, 4.69) is 58.9 Å². The molecule has 2 aliphatic rings. The van der Waals surface area contributed by atoms with Crippen LogP contribution in [0.25, 0.3) is 0 Å². The molecule has 3 unspecified atom stereocenters. The third-order valence-corrected chi connectivity index (χ3v) is 16.3. The van der Waals surface area contributed by atoms with Gasteiger partial charge in [-0.25, -0.2) is 0 Å². The van der Waals surface area contributed by atoms with Gasteiger partial charge in [0.1, 0.15) is 0 Å². The lowest BCUT2D eigenvalue weighted by molar-refractivity contribution is 0.242. The average Bonchev–Trinajstić information content (AvgIpc) is 3.07. The lowest BCUT2D eigenvalue weighted by atomic mass is 9.88. The van der Waals surface area contributed by atoms with Crippen molar-refractivity contribution in [2.45, 2.75) is 103 Å². The highest BCUT2D eigenvalue weighted by molar-refractivity contribution is 6.90. The molecule has 8 heteroatoms. The quantitative estimate of drug-likeness (QED) is 0.368. The van der Waals surface area contributed by atoms with Crippen molar-refractivity contribution in [2.24, 2.45) is 5.92 Å². The van der Waals surface area contributed by atoms with E-state index < -0.39 is 33.8 Å². The molecule has 1 heterocycles. The van der Waals surface area contributed by atoms with Crippen molar-refractivity contribution in [2.75, 3.05) is 0 Å². The van der Waals surface area contributed by atoms with Crippen LogP contribution in [0.1, 0.15) is 25.7 Å². The summed E-state index contributed by atoms with van der Waals surface area (Å²) in [4.78, 5) is 0. The van der Waals surface area contributed by atoms with Crippen molar-refractivity contribution in [3.05, 3.63) is 0 Å². The molecule has 0 amide bonds. The number of hydrogen-bond donors (Lipinski definition) is 0. The highest BCUT2D eigenvalue weighted by Crippen LogP contribution is 2.42. The first-order valence-corrected chi connectivity index (χ1v) is 22.1. The standard InChI is InChI=1S/C17H40O4Si4/c1-22(2,3)19-25(20-23(4,5)6,21-24(7,8)9)13-12-15-10-11-16-17(14-15)18-16/h15-17H,10-14H2,1-9H3. The number of ether oxygens (including phenoxy) is 1. The lowest BCUT2D eigenvalue weighted by Crippen LogP contribution is -2.60. The maximum absolute atomic E-state index is 6.78. The Hall–Kier alpha value is 0.708. The average molecular weight is 421 g/mol. The molecule has 3 atom stereocenters. The van der Waals surface area contributed by atoms with Gasteiger partial charge in [-0.1, -0.05) is 0 Å². The highest BCUT2D eigenvalue weighted by atomic mass is 28.5. The Balaban J connectivity index is 2.13. The molecule has 2 rings (SSSR count). The van der Waals surface area contributed by atoms with Crippen molar-refractivity contribution < 1.29 is 17.1 Å². The van der Waals surface area contributed by atoms with Crippen LogP contribution in [0.5, 0.6) is 0 Å². The minimum atomic E-state index is -2.65. The highest BCUT2D eigenvalue weighted by Gasteiger charge is 2.51. The van der Waals surface area contributed by atoms with Gasteiger partial charge in [-0.15, -0.1) is 0 Å². The fraction of sp³-hybridized carbons (Fsp3) is 1.00. The molecule has 0 aromatic carbocycles. The summed E-state index contributed by atoms with van der Waals surface area (Å²) in [6, 6.07) is 0.980. The second-order valence-corrected chi connectivity index (χ2v) is 27.7. The van der Waals surface area contributed by atoms with Gasteiger partial charge in [0, 0.05) is 6.04 Å². The van der Waals surface area contributed by atoms with Crippen molar-refractivity contribution in [3.63, 3.8) is 0 Å². The topological polar surface area (TPSA) is 40.2 Å². The molecule has 1 saturated carbocycles. The van der Waals surface area contributed by atoms with Gasteiger partial charge in [0.2, 0.25) is 0 Å². The molecule has 0 aromatic heterocycles. The van der Waals surface area contributed by atoms with Crippen molar-refractivity contribution in [1.29, 1.82) is 0 Å². The Morgan fingerprint density at radius 2 is 1.20 bits per heavy atom. The third-order valence-electron chi connectivity index (χ3n) is 4.36. The van der Waals surface area contributed by atoms with Crippen LogP contribution in [0.4, 0.5) is 0 Å². The van der Waals surface area contributed by atoms with Crippen LogP contribution in [0.3, 0.4) is 0 Å². The van der Waals surface area contributed by atoms with Crippen LogP contribution in [0.2, 0.25) is 65.0 Å². The van der Waals surface area contributed by atoms with Crippen LogP contribution >= 0.6 is 0 Å². The number of fused-ring (bicyclic) bond motifs is 1. The Morgan fingerprint density at radius 3 is 1.60 bits per heavy atom. The summed E-state index contributed by atoms with van der Waals surface area (Å²) < 4.78 is 26.1. The second-order valence-electron chi connectivity index (χ2n) is 10.8. The van der Waals surface area contributed by atoms with Gasteiger partial charge in [0.05, 0.1) is 12.2 Å². The van der Waals surface area contributed by atoms with E-state index in [-0.39, 0.29) is 0 Å². The maximum Gasteiger partial charge on any atom is 0.469 e. The summed E-state index contributed by atoms with van der Waals surface area (Å²) in [5, 5.41) is 0. The predicted molar refractivity (Wildman–Crippen MR) is 114 cm³/mol. The Kier molecular flexibility index (Phi) is 6.70. The van der Waals surface area contributed by atoms with E-state index in [9.17, 15) is 0 Å². The fourth-order valence-electron chi connectivity index (χ4n) is 3.74. The van der Waals surface area contributed by atoms with E-state index in [1.165, 1.54) is 19.3 Å². The largest absolute Gasteiger partial charge is 0.469 e. The zero-order valence-corrected chi connectivity index (χ0v) is 21.9. The molecule has 0 bridgehead atoms. The summed E-state index contributed by atoms with van der Waals surface area (Å²) in [7, 11) is -7.91. The van der Waals surface area contributed by atoms with E-state index in [1.54, 1.807) is 0 Å². The second kappa shape index (κ2) is 7.61. The monoisotopic (exact) mass is 420 g/mol. The Bertz CT molecular complexity index is 412. The van der Waals surface area contributed by atoms with Crippen LogP contribution in [-0.4, -0.2) is 46.0 Å². The molecule has 1 aliphatic carbocycles. The zero-order chi connectivity index (χ0) is 19.1. The normalized spacial score (nSPS) is 28.0. The molecule has 2 fully saturated rings. The summed E-state index contributed by atoms with van der Waals surface area (Å²) in [5.74, 6) is 0.747. The minimum absolute atomic E-state index is 0.545. The smallest absolute Gasteiger partial charge is 0.417 e. The number of epoxide rings is 1. The maximum atomic E-state index is 6.78. The summed E-state index contributed by atoms with van der Waals surface area (Å²) in [5.41, 5.74) is 0. The van der Waals surface area contributed by atoms with Crippen molar-refractivity contribution in [3.8, 4) is 0 Å². The van der Waals surface area contributed by atoms with E-state index in [0.29, 0.717) is 12.2 Å². The molecule has 148 valence electrons. The van der Waals surface area contributed by atoms with Gasteiger partial charge in [-0.05, 0) is 90.5 Å². The van der Waals surface area contributed by atoms with Gasteiger partial charge in [0.25, 0.3) is 0 Å². The SMILES string of the molecule is C[Si](C)(C)O[Si](CCC1CCC2OC2C1)(O[Si](C)(C)C)O[Si](C)(C)C. The fourth-order valence-corrected chi connectivity index (χ4v) is 18.6. The number of rotatable bonds is 9. The molecule has 1 aliphatic heterocycles. The first kappa shape index (κ1) is 22.0. The van der Waals surface area contributed by atoms with Crippen molar-refractivity contribution in [1.82, 2.24) is 0 Å². The zero-order valence-electron chi connectivity index (χ0n) is 17.9. The predicted octanol–water partition coefficient (Wildman–Crippen LogP) is 5.44. The molecule has 0 aromatic rings. The van der Waals surface area contributed by atoms with Gasteiger partial charge in [-0.2, -0.15) is 0 Å². The Labute approximate surface area is 159 Å². The minimum Gasteiger partial charge on any atom is -0.417 e. The summed E-state index contributed by atoms with van der Waals surface area (Å²) >= 11 is 0. The van der Waals surface area contributed by atoms with E-state index >= 15 is 0 Å². The molecule has 4 nitrogen and oxygen atoms in total. The van der Waals surface area contributed by atoms with Crippen LogP contribution < -0.4 is 0 Å². The van der Waals surface area contributed by atoms with Crippen LogP contribution in [-0.2, 0) is 17.1 Å². The van der Waals surface area contributed by atoms with Gasteiger partial charge < -0.3 is 17.1 Å². The van der Waals surface area contributed by atoms with Crippen molar-refractivity contribution >= 4 is 33.8 Å². The molecule has 1 saturated heterocycles. The molecule has 0 radical (unpaired) electrons. The Morgan fingerprint density at radius 1 is 0.720 bits per heavy atom. The molecule has 25 heavy (non-hydrogen) atoms. The first-order chi connectivity index (χ1) is 11.2. The van der Waals surface area contributed by atoms with Gasteiger partial charge in [0.15, 0.2) is 25.0 Å². The van der Waals surface area contributed by atoms with Gasteiger partial charge in [-0.3, -0.25) is 0 Å². The van der Waals surface area contributed by atoms with E-state index in [0.717, 1.165) is 18.4 Å². The molecule has 0 spiro atoms. The number of hydrogen-bond acceptors (Lipinski definition) is 4. The lowest BCUT2D eigenvalue weighted by Gasteiger charge is -2.43. The molecular weight excluding hydrogens is 381 g/mol.